The second-order valence-electron chi connectivity index (χ2n) is 5.28. The fourth-order valence-electron chi connectivity index (χ4n) is 2.65. The maximum atomic E-state index is 13.8. The number of halogens is 2. The first-order chi connectivity index (χ1) is 8.87. The highest BCUT2D eigenvalue weighted by atomic mass is 79.9. The van der Waals surface area contributed by atoms with E-state index in [1.807, 2.05) is 0 Å². The summed E-state index contributed by atoms with van der Waals surface area (Å²) in [5.74, 6) is -0.573. The minimum absolute atomic E-state index is 0.126. The number of hydrogen-bond donors (Lipinski definition) is 1. The third-order valence-electron chi connectivity index (χ3n) is 3.52. The van der Waals surface area contributed by atoms with Gasteiger partial charge in [0.05, 0.1) is 11.0 Å². The fourth-order valence-corrected chi connectivity index (χ4v) is 2.98. The average molecular weight is 327 g/mol. The second kappa shape index (κ2) is 4.11. The molecule has 0 bridgehead atoms. The van der Waals surface area contributed by atoms with Gasteiger partial charge in [-0.2, -0.15) is 0 Å². The Hall–Kier alpha value is -1.27. The Morgan fingerprint density at radius 1 is 1.53 bits per heavy atom. The SMILES string of the molecule is C[C@]1(O)C[C@@H](n2c(=O)cc(F)c3cc(Br)cnc32)C1. The average Bonchev–Trinajstić information content (AvgIpc) is 2.27. The number of rotatable bonds is 1. The van der Waals surface area contributed by atoms with Gasteiger partial charge in [-0.3, -0.25) is 9.36 Å². The first kappa shape index (κ1) is 12.7. The normalized spacial score (nSPS) is 26.4. The van der Waals surface area contributed by atoms with Crippen LogP contribution in [0.25, 0.3) is 11.0 Å². The molecule has 6 heteroatoms. The van der Waals surface area contributed by atoms with E-state index in [1.54, 1.807) is 13.0 Å². The first-order valence-corrected chi connectivity index (χ1v) is 6.75. The van der Waals surface area contributed by atoms with Gasteiger partial charge in [0.15, 0.2) is 0 Å². The minimum Gasteiger partial charge on any atom is -0.390 e. The molecule has 0 atom stereocenters. The first-order valence-electron chi connectivity index (χ1n) is 5.96. The molecule has 0 aromatic carbocycles. The zero-order chi connectivity index (χ0) is 13.8. The van der Waals surface area contributed by atoms with Crippen molar-refractivity contribution in [2.24, 2.45) is 0 Å². The summed E-state index contributed by atoms with van der Waals surface area (Å²) in [5, 5.41) is 10.1. The van der Waals surface area contributed by atoms with E-state index in [2.05, 4.69) is 20.9 Å². The van der Waals surface area contributed by atoms with Crippen molar-refractivity contribution in [1.82, 2.24) is 9.55 Å². The van der Waals surface area contributed by atoms with Gasteiger partial charge in [0.1, 0.15) is 11.5 Å². The van der Waals surface area contributed by atoms with E-state index in [-0.39, 0.29) is 6.04 Å². The maximum Gasteiger partial charge on any atom is 0.255 e. The highest BCUT2D eigenvalue weighted by Gasteiger charge is 2.40. The highest BCUT2D eigenvalue weighted by molar-refractivity contribution is 9.10. The lowest BCUT2D eigenvalue weighted by Crippen LogP contribution is -2.45. The molecule has 0 amide bonds. The predicted octanol–water partition coefficient (Wildman–Crippen LogP) is 2.38. The van der Waals surface area contributed by atoms with E-state index in [9.17, 15) is 14.3 Å². The molecule has 1 saturated carbocycles. The van der Waals surface area contributed by atoms with Crippen LogP contribution < -0.4 is 5.56 Å². The molecule has 0 saturated heterocycles. The molecule has 0 aliphatic heterocycles. The van der Waals surface area contributed by atoms with E-state index in [4.69, 9.17) is 0 Å². The van der Waals surface area contributed by atoms with Crippen molar-refractivity contribution in [1.29, 1.82) is 0 Å². The lowest BCUT2D eigenvalue weighted by atomic mass is 9.77. The van der Waals surface area contributed by atoms with Gasteiger partial charge in [-0.05, 0) is 41.8 Å². The van der Waals surface area contributed by atoms with Gasteiger partial charge in [0, 0.05) is 22.8 Å². The number of pyridine rings is 2. The van der Waals surface area contributed by atoms with Crippen molar-refractivity contribution in [2.75, 3.05) is 0 Å². The van der Waals surface area contributed by atoms with Crippen LogP contribution in [0, 0.1) is 5.82 Å². The van der Waals surface area contributed by atoms with Crippen LogP contribution in [0.1, 0.15) is 25.8 Å². The quantitative estimate of drug-likeness (QED) is 0.875. The van der Waals surface area contributed by atoms with Crippen LogP contribution in [-0.4, -0.2) is 20.3 Å². The van der Waals surface area contributed by atoms with Crippen molar-refractivity contribution in [3.63, 3.8) is 0 Å². The fraction of sp³-hybridized carbons (Fsp3) is 0.385. The van der Waals surface area contributed by atoms with Gasteiger partial charge in [-0.25, -0.2) is 9.37 Å². The van der Waals surface area contributed by atoms with Crippen molar-refractivity contribution < 1.29 is 9.50 Å². The Kier molecular flexibility index (Phi) is 2.76. The standard InChI is InChI=1S/C13H12BrFN2O2/c1-13(19)4-8(5-13)17-11(18)3-10(15)9-2-7(14)6-16-12(9)17/h2-3,6,8,19H,4-5H2,1H3/t8-,13+. The molecular weight excluding hydrogens is 315 g/mol. The monoisotopic (exact) mass is 326 g/mol. The summed E-state index contributed by atoms with van der Waals surface area (Å²) in [4.78, 5) is 16.1. The van der Waals surface area contributed by atoms with Gasteiger partial charge in [-0.1, -0.05) is 0 Å². The van der Waals surface area contributed by atoms with Crippen molar-refractivity contribution in [3.05, 3.63) is 39.0 Å². The van der Waals surface area contributed by atoms with Crippen molar-refractivity contribution >= 4 is 27.0 Å². The summed E-state index contributed by atoms with van der Waals surface area (Å²) in [6.07, 6.45) is 2.49. The van der Waals surface area contributed by atoms with E-state index in [0.29, 0.717) is 28.3 Å². The maximum absolute atomic E-state index is 13.8. The Morgan fingerprint density at radius 3 is 2.84 bits per heavy atom. The van der Waals surface area contributed by atoms with Gasteiger partial charge in [0.25, 0.3) is 5.56 Å². The lowest BCUT2D eigenvalue weighted by Gasteiger charge is -2.41. The zero-order valence-electron chi connectivity index (χ0n) is 10.2. The summed E-state index contributed by atoms with van der Waals surface area (Å²) in [5.41, 5.74) is -0.839. The highest BCUT2D eigenvalue weighted by Crippen LogP contribution is 2.41. The number of nitrogens with zero attached hydrogens (tertiary/aromatic N) is 2. The zero-order valence-corrected chi connectivity index (χ0v) is 11.8. The molecule has 1 aliphatic carbocycles. The Balaban J connectivity index is 2.22. The van der Waals surface area contributed by atoms with Crippen LogP contribution in [0.2, 0.25) is 0 Å². The molecule has 0 radical (unpaired) electrons. The van der Waals surface area contributed by atoms with Crippen LogP contribution in [0.3, 0.4) is 0 Å². The van der Waals surface area contributed by atoms with Crippen molar-refractivity contribution in [2.45, 2.75) is 31.4 Å². The molecule has 1 N–H and O–H groups in total. The van der Waals surface area contributed by atoms with Crippen LogP contribution in [0.5, 0.6) is 0 Å². The molecule has 100 valence electrons. The third-order valence-corrected chi connectivity index (χ3v) is 3.96. The predicted molar refractivity (Wildman–Crippen MR) is 72.6 cm³/mol. The lowest BCUT2D eigenvalue weighted by molar-refractivity contribution is -0.0507. The van der Waals surface area contributed by atoms with Gasteiger partial charge < -0.3 is 5.11 Å². The van der Waals surface area contributed by atoms with E-state index >= 15 is 0 Å². The number of aromatic nitrogens is 2. The minimum atomic E-state index is -0.750. The molecule has 3 rings (SSSR count). The molecule has 19 heavy (non-hydrogen) atoms. The molecule has 1 aliphatic rings. The number of aliphatic hydroxyl groups is 1. The van der Waals surface area contributed by atoms with Crippen LogP contribution >= 0.6 is 15.9 Å². The van der Waals surface area contributed by atoms with Crippen LogP contribution in [-0.2, 0) is 0 Å². The topological polar surface area (TPSA) is 55.1 Å². The van der Waals surface area contributed by atoms with Gasteiger partial charge >= 0.3 is 0 Å². The van der Waals surface area contributed by atoms with Gasteiger partial charge in [-0.15, -0.1) is 0 Å². The van der Waals surface area contributed by atoms with Crippen molar-refractivity contribution in [3.8, 4) is 0 Å². The Morgan fingerprint density at radius 2 is 2.21 bits per heavy atom. The molecule has 0 unspecified atom stereocenters. The molecular formula is C13H12BrFN2O2. The van der Waals surface area contributed by atoms with Crippen LogP contribution in [0.15, 0.2) is 27.6 Å². The molecule has 0 spiro atoms. The summed E-state index contributed by atoms with van der Waals surface area (Å²) in [7, 11) is 0. The summed E-state index contributed by atoms with van der Waals surface area (Å²) in [6.45, 7) is 1.73. The Labute approximate surface area is 117 Å². The van der Waals surface area contributed by atoms with E-state index in [1.165, 1.54) is 10.8 Å². The summed E-state index contributed by atoms with van der Waals surface area (Å²) in [6, 6.07) is 2.45. The van der Waals surface area contributed by atoms with E-state index in [0.717, 1.165) is 6.07 Å². The molecule has 2 aromatic rings. The van der Waals surface area contributed by atoms with Gasteiger partial charge in [0.2, 0.25) is 0 Å². The third kappa shape index (κ3) is 2.08. The molecule has 2 heterocycles. The van der Waals surface area contributed by atoms with E-state index < -0.39 is 17.0 Å². The van der Waals surface area contributed by atoms with Crippen LogP contribution in [0.4, 0.5) is 4.39 Å². The molecule has 4 nitrogen and oxygen atoms in total. The molecule has 2 aromatic heterocycles. The second-order valence-corrected chi connectivity index (χ2v) is 6.20. The largest absolute Gasteiger partial charge is 0.390 e. The summed E-state index contributed by atoms with van der Waals surface area (Å²) >= 11 is 3.24. The summed E-state index contributed by atoms with van der Waals surface area (Å²) < 4.78 is 16.0. The Bertz CT molecular complexity index is 718. The number of hydrogen-bond acceptors (Lipinski definition) is 3. The smallest absolute Gasteiger partial charge is 0.255 e. The number of fused-ring (bicyclic) bond motifs is 1. The molecule has 1 fully saturated rings.